The van der Waals surface area contributed by atoms with E-state index >= 15 is 0 Å². The summed E-state index contributed by atoms with van der Waals surface area (Å²) in [5, 5.41) is 24.1. The van der Waals surface area contributed by atoms with E-state index in [1.54, 1.807) is 14.1 Å². The molecular weight excluding hydrogens is 1180 g/mol. The molecule has 0 radical (unpaired) electrons. The number of anilines is 2. The third-order valence-corrected chi connectivity index (χ3v) is 13.8. The summed E-state index contributed by atoms with van der Waals surface area (Å²) in [6.07, 6.45) is -9.61. The molecule has 17 nitrogen and oxygen atoms in total. The van der Waals surface area contributed by atoms with Crippen molar-refractivity contribution >= 4 is 79.0 Å². The lowest BCUT2D eigenvalue weighted by Gasteiger charge is -2.43. The predicted molar refractivity (Wildman–Crippen MR) is 283 cm³/mol. The zero-order chi connectivity index (χ0) is 58.0. The third-order valence-electron chi connectivity index (χ3n) is 12.7. The number of rotatable bonds is 20. The number of halogens is 8. The summed E-state index contributed by atoms with van der Waals surface area (Å²) in [4.78, 5) is 89.0. The number of quaternary nitrogens is 1. The minimum atomic E-state index is -4.80. The average molecular weight is 1230 g/mol. The molecule has 4 aromatic carbocycles. The van der Waals surface area contributed by atoms with Gasteiger partial charge in [-0.15, -0.1) is 0 Å². The first kappa shape index (κ1) is 60.5. The second-order valence-corrected chi connectivity index (χ2v) is 19.5. The normalized spacial score (nSPS) is 16.1. The van der Waals surface area contributed by atoms with Gasteiger partial charge >= 0.3 is 36.4 Å². The van der Waals surface area contributed by atoms with Gasteiger partial charge in [-0.05, 0) is 85.6 Å². The van der Waals surface area contributed by atoms with Gasteiger partial charge in [0, 0.05) is 10.7 Å². The van der Waals surface area contributed by atoms with Gasteiger partial charge in [0.2, 0.25) is 11.8 Å². The lowest BCUT2D eigenvalue weighted by Crippen LogP contribution is -2.55. The maximum Gasteiger partial charge on any atom is 0.416 e. The van der Waals surface area contributed by atoms with Crippen LogP contribution in [0.3, 0.4) is 0 Å². The molecule has 2 aliphatic rings. The molecule has 0 fully saturated rings. The molecule has 6 rings (SSSR count). The number of carbonyl (C=O) groups excluding carboxylic acids is 6. The molecule has 0 bridgehead atoms. The van der Waals surface area contributed by atoms with Crippen molar-refractivity contribution in [3.05, 3.63) is 153 Å². The Morgan fingerprint density at radius 3 is 1.27 bits per heavy atom. The predicted octanol–water partition coefficient (Wildman–Crippen LogP) is 8.87. The maximum atomic E-state index is 14.7. The molecule has 2 heterocycles. The summed E-state index contributed by atoms with van der Waals surface area (Å²) in [6.45, 7) is 1.80. The highest BCUT2D eigenvalue weighted by Crippen LogP contribution is 2.44. The van der Waals surface area contributed by atoms with Crippen LogP contribution in [0.25, 0.3) is 0 Å². The minimum Gasteiger partial charge on any atom is -0.463 e. The Bertz CT molecular complexity index is 2920. The van der Waals surface area contributed by atoms with Gasteiger partial charge in [-0.3, -0.25) is 19.4 Å². The van der Waals surface area contributed by atoms with Crippen LogP contribution in [0.2, 0.25) is 0 Å². The number of likely N-dealkylation sites (N-methyl/N-ethyl adjacent to an activating group) is 1. The molecule has 79 heavy (non-hydrogen) atoms. The van der Waals surface area contributed by atoms with Gasteiger partial charge in [0.15, 0.2) is 0 Å². The highest BCUT2D eigenvalue weighted by Gasteiger charge is 2.47. The van der Waals surface area contributed by atoms with Gasteiger partial charge in [0.1, 0.15) is 13.1 Å². The number of hydrogen-bond acceptors (Lipinski definition) is 10. The highest BCUT2D eigenvalue weighted by atomic mass is 79.9. The van der Waals surface area contributed by atoms with Gasteiger partial charge in [-0.2, -0.15) is 36.9 Å². The van der Waals surface area contributed by atoms with E-state index in [0.29, 0.717) is 0 Å². The van der Waals surface area contributed by atoms with Crippen LogP contribution in [0, 0.1) is 22.7 Å². The number of alkyl halides is 8. The van der Waals surface area contributed by atoms with E-state index in [9.17, 15) is 65.6 Å². The van der Waals surface area contributed by atoms with Crippen molar-refractivity contribution in [3.8, 4) is 12.1 Å². The van der Waals surface area contributed by atoms with Crippen molar-refractivity contribution in [2.24, 2.45) is 0 Å². The Labute approximate surface area is 467 Å². The molecular formula is C54H52Br2F6N9O8+. The van der Waals surface area contributed by atoms with E-state index in [4.69, 9.17) is 9.47 Å². The number of nitriles is 2. The van der Waals surface area contributed by atoms with Gasteiger partial charge in [-0.25, -0.2) is 19.2 Å². The van der Waals surface area contributed by atoms with E-state index in [1.165, 1.54) is 74.5 Å². The topological polar surface area (TPSA) is 205 Å². The second-order valence-electron chi connectivity index (χ2n) is 18.4. The molecule has 0 unspecified atom stereocenters. The Morgan fingerprint density at radius 1 is 0.608 bits per heavy atom. The van der Waals surface area contributed by atoms with Crippen LogP contribution < -0.4 is 20.4 Å². The molecule has 2 atom stereocenters. The summed E-state index contributed by atoms with van der Waals surface area (Å²) in [6, 6.07) is 18.9. The van der Waals surface area contributed by atoms with Crippen molar-refractivity contribution in [1.29, 1.82) is 10.5 Å². The summed E-state index contributed by atoms with van der Waals surface area (Å²) in [7, 11) is 3.55. The van der Waals surface area contributed by atoms with Crippen LogP contribution in [0.15, 0.2) is 120 Å². The number of nitrogens with one attached hydrogen (secondary N) is 2. The first-order valence-electron chi connectivity index (χ1n) is 24.3. The fraction of sp³-hybridized carbons (Fsp3) is 0.333. The summed E-state index contributed by atoms with van der Waals surface area (Å²) in [5.74, 6) is -3.28. The largest absolute Gasteiger partial charge is 0.463 e. The zero-order valence-electron chi connectivity index (χ0n) is 42.9. The SMILES string of the molecule is CCOC(=O)C1=C(CBr)N(c2cccc(C(F)(F)F)c2)C(=O)N(CC(=O)NCC[N+](C)(C)CCNC(=O)CN2C(=O)N(c3cccc(C(F)(F)F)c3)C(CBr)=C(C(=O)OCC)[C@H]2c2ccc(C#N)cc2)[C@@H]1c1ccc(C#N)cc1. The van der Waals surface area contributed by atoms with Crippen molar-refractivity contribution in [3.63, 3.8) is 0 Å². The molecule has 0 aliphatic carbocycles. The molecule has 4 aromatic rings. The van der Waals surface area contributed by atoms with Gasteiger partial charge in [0.05, 0.1) is 134 Å². The Hall–Kier alpha value is -7.74. The Balaban J connectivity index is 1.21. The first-order valence-corrected chi connectivity index (χ1v) is 26.5. The number of nitrogens with zero attached hydrogens (tertiary/aromatic N) is 7. The fourth-order valence-corrected chi connectivity index (χ4v) is 10.0. The third kappa shape index (κ3) is 14.1. The monoisotopic (exact) mass is 1230 g/mol. The summed E-state index contributed by atoms with van der Waals surface area (Å²) < 4.78 is 95.0. The van der Waals surface area contributed by atoms with Crippen molar-refractivity contribution in [2.75, 3.05) is 87.0 Å². The maximum absolute atomic E-state index is 14.7. The van der Waals surface area contributed by atoms with Gasteiger partial charge < -0.3 is 34.4 Å². The molecule has 6 amide bonds. The molecule has 25 heteroatoms. The van der Waals surface area contributed by atoms with Crippen molar-refractivity contribution in [1.82, 2.24) is 20.4 Å². The number of ether oxygens (including phenoxy) is 2. The van der Waals surface area contributed by atoms with E-state index < -0.39 is 84.5 Å². The van der Waals surface area contributed by atoms with E-state index in [-0.39, 0.29) is 111 Å². The highest BCUT2D eigenvalue weighted by molar-refractivity contribution is 9.09. The van der Waals surface area contributed by atoms with Crippen molar-refractivity contribution in [2.45, 2.75) is 38.3 Å². The average Bonchev–Trinajstić information content (AvgIpc) is 3.55. The van der Waals surface area contributed by atoms with Gasteiger partial charge in [-0.1, -0.05) is 68.3 Å². The summed E-state index contributed by atoms with van der Waals surface area (Å²) >= 11 is 6.64. The molecule has 0 spiro atoms. The lowest BCUT2D eigenvalue weighted by atomic mass is 9.92. The molecule has 0 aromatic heterocycles. The number of amides is 6. The standard InChI is InChI=1S/C54H51Br2F6N9O8/c1-5-78-49(74)45-41(27-55)69(39-11-7-9-37(25-39)53(57,58)59)51(76)67(47(45)35-17-13-33(29-63)14-18-35)31-43(72)65-21-23-71(3,4)24-22-66-44(73)32-68-48(36-19-15-34(30-64)16-20-36)46(50(75)79-6-2)42(28-56)70(52(68)77)40-12-8-10-38(26-40)54(60,61)62/h7-20,25-26,47-48H,5-6,21-24,27-28,31-32H2,1-4H3,(H-,65,66,72,73)/p+1/t47-,48-/m1/s1. The molecule has 0 saturated heterocycles. The van der Waals surface area contributed by atoms with Crippen LogP contribution >= 0.6 is 31.9 Å². The van der Waals surface area contributed by atoms with E-state index in [0.717, 1.165) is 56.0 Å². The molecule has 2 N–H and O–H groups in total. The molecule has 416 valence electrons. The quantitative estimate of drug-likeness (QED) is 0.0372. The number of carbonyl (C=O) groups is 6. The molecule has 0 saturated carbocycles. The fourth-order valence-electron chi connectivity index (χ4n) is 8.91. The minimum absolute atomic E-state index is 0.0211. The van der Waals surface area contributed by atoms with E-state index in [2.05, 4.69) is 42.5 Å². The van der Waals surface area contributed by atoms with Crippen LogP contribution in [0.4, 0.5) is 47.3 Å². The zero-order valence-corrected chi connectivity index (χ0v) is 46.1. The van der Waals surface area contributed by atoms with Crippen LogP contribution in [0.1, 0.15) is 59.3 Å². The number of urea groups is 2. The van der Waals surface area contributed by atoms with Crippen LogP contribution in [0.5, 0.6) is 0 Å². The number of hydrogen-bond donors (Lipinski definition) is 2. The first-order chi connectivity index (χ1) is 37.4. The summed E-state index contributed by atoms with van der Waals surface area (Å²) in [5.41, 5.74) is -2.03. The smallest absolute Gasteiger partial charge is 0.416 e. The number of esters is 2. The lowest BCUT2D eigenvalue weighted by molar-refractivity contribution is -0.887. The second kappa shape index (κ2) is 25.8. The molecule has 2 aliphatic heterocycles. The Morgan fingerprint density at radius 2 is 0.962 bits per heavy atom. The van der Waals surface area contributed by atoms with E-state index in [1.807, 2.05) is 12.1 Å². The van der Waals surface area contributed by atoms with Crippen LogP contribution in [-0.2, 0) is 41.0 Å². The van der Waals surface area contributed by atoms with Crippen LogP contribution in [-0.4, -0.2) is 127 Å². The number of benzene rings is 4. The van der Waals surface area contributed by atoms with Gasteiger partial charge in [0.25, 0.3) is 0 Å². The number of allylic oxidation sites excluding steroid dienone is 2. The Kier molecular flexibility index (Phi) is 19.8. The van der Waals surface area contributed by atoms with Crippen molar-refractivity contribution < 1.29 is 69.1 Å².